The van der Waals surface area contributed by atoms with Crippen molar-refractivity contribution in [3.8, 4) is 0 Å². The monoisotopic (exact) mass is 249 g/mol. The fourth-order valence-electron chi connectivity index (χ4n) is 1.81. The van der Waals surface area contributed by atoms with Gasteiger partial charge in [0, 0.05) is 39.1 Å². The van der Waals surface area contributed by atoms with Crippen molar-refractivity contribution in [3.63, 3.8) is 0 Å². The zero-order valence-electron chi connectivity index (χ0n) is 10.3. The van der Waals surface area contributed by atoms with Gasteiger partial charge in [-0.25, -0.2) is 0 Å². The molecule has 1 aliphatic rings. The third-order valence-electron chi connectivity index (χ3n) is 2.96. The zero-order chi connectivity index (χ0) is 13.3. The molecule has 2 heterocycles. The molecule has 1 saturated heterocycles. The topological polar surface area (TPSA) is 73.7 Å². The first kappa shape index (κ1) is 12.3. The minimum atomic E-state index is -0.773. The molecule has 0 spiro atoms. The Morgan fingerprint density at radius 3 is 2.67 bits per heavy atom. The van der Waals surface area contributed by atoms with E-state index in [1.165, 1.54) is 4.90 Å². The van der Waals surface area contributed by atoms with Crippen molar-refractivity contribution in [2.24, 2.45) is 5.92 Å². The van der Waals surface area contributed by atoms with E-state index >= 15 is 0 Å². The largest absolute Gasteiger partial charge is 0.481 e. The number of aliphatic carboxylic acids is 1. The van der Waals surface area contributed by atoms with Gasteiger partial charge >= 0.3 is 5.97 Å². The van der Waals surface area contributed by atoms with Gasteiger partial charge in [0.2, 0.25) is 0 Å². The first-order valence-electron chi connectivity index (χ1n) is 5.64. The molecule has 1 aliphatic heterocycles. The SMILES string of the molecule is CN(C)C(=O)c1cc(N2CC(C(=O)O)C2)ccn1. The van der Waals surface area contributed by atoms with E-state index in [0.717, 1.165) is 5.69 Å². The highest BCUT2D eigenvalue weighted by molar-refractivity contribution is 5.92. The molecular weight excluding hydrogens is 234 g/mol. The van der Waals surface area contributed by atoms with E-state index in [1.807, 2.05) is 4.90 Å². The highest BCUT2D eigenvalue weighted by Crippen LogP contribution is 2.24. The Hall–Kier alpha value is -2.11. The third kappa shape index (κ3) is 2.27. The van der Waals surface area contributed by atoms with Crippen molar-refractivity contribution in [2.45, 2.75) is 0 Å². The summed E-state index contributed by atoms with van der Waals surface area (Å²) in [6.07, 6.45) is 1.57. The molecule has 1 amide bonds. The van der Waals surface area contributed by atoms with E-state index in [9.17, 15) is 9.59 Å². The van der Waals surface area contributed by atoms with Crippen LogP contribution in [0.1, 0.15) is 10.5 Å². The number of carbonyl (C=O) groups excluding carboxylic acids is 1. The highest BCUT2D eigenvalue weighted by Gasteiger charge is 2.32. The summed E-state index contributed by atoms with van der Waals surface area (Å²) < 4.78 is 0. The lowest BCUT2D eigenvalue weighted by molar-refractivity contribution is -0.142. The second-order valence-corrected chi connectivity index (χ2v) is 4.54. The number of hydrogen-bond donors (Lipinski definition) is 1. The number of rotatable bonds is 3. The molecule has 0 unspecified atom stereocenters. The maximum absolute atomic E-state index is 11.7. The number of carboxylic acids is 1. The van der Waals surface area contributed by atoms with Gasteiger partial charge in [-0.3, -0.25) is 14.6 Å². The van der Waals surface area contributed by atoms with Crippen molar-refractivity contribution in [2.75, 3.05) is 32.1 Å². The second kappa shape index (κ2) is 4.64. The minimum Gasteiger partial charge on any atom is -0.481 e. The van der Waals surface area contributed by atoms with Gasteiger partial charge in [-0.1, -0.05) is 0 Å². The molecule has 1 fully saturated rings. The Bertz CT molecular complexity index is 481. The number of amides is 1. The summed E-state index contributed by atoms with van der Waals surface area (Å²) in [5, 5.41) is 8.81. The summed E-state index contributed by atoms with van der Waals surface area (Å²) in [4.78, 5) is 29.9. The Morgan fingerprint density at radius 1 is 1.44 bits per heavy atom. The first-order valence-corrected chi connectivity index (χ1v) is 5.64. The number of carbonyl (C=O) groups is 2. The van der Waals surface area contributed by atoms with Crippen LogP contribution in [0.5, 0.6) is 0 Å². The van der Waals surface area contributed by atoms with Crippen molar-refractivity contribution in [1.29, 1.82) is 0 Å². The Labute approximate surface area is 105 Å². The molecule has 6 nitrogen and oxygen atoms in total. The number of carboxylic acid groups (broad SMARTS) is 1. The van der Waals surface area contributed by atoms with Crippen LogP contribution in [0.2, 0.25) is 0 Å². The molecule has 2 rings (SSSR count). The van der Waals surface area contributed by atoms with Crippen molar-refractivity contribution in [3.05, 3.63) is 24.0 Å². The molecule has 1 N–H and O–H groups in total. The van der Waals surface area contributed by atoms with Gasteiger partial charge in [-0.2, -0.15) is 0 Å². The number of aromatic nitrogens is 1. The number of anilines is 1. The average Bonchev–Trinajstić information content (AvgIpc) is 2.25. The number of hydrogen-bond acceptors (Lipinski definition) is 4. The molecule has 6 heteroatoms. The number of pyridine rings is 1. The lowest BCUT2D eigenvalue weighted by atomic mass is 10.00. The molecule has 0 atom stereocenters. The first-order chi connectivity index (χ1) is 8.49. The van der Waals surface area contributed by atoms with Gasteiger partial charge in [-0.05, 0) is 12.1 Å². The van der Waals surface area contributed by atoms with Gasteiger partial charge in [0.05, 0.1) is 5.92 Å². The molecular formula is C12H15N3O3. The van der Waals surface area contributed by atoms with Gasteiger partial charge < -0.3 is 14.9 Å². The van der Waals surface area contributed by atoms with Gasteiger partial charge in [-0.15, -0.1) is 0 Å². The van der Waals surface area contributed by atoms with Crippen LogP contribution in [0.15, 0.2) is 18.3 Å². The van der Waals surface area contributed by atoms with E-state index < -0.39 is 5.97 Å². The standard InChI is InChI=1S/C12H15N3O3/c1-14(2)11(16)10-5-9(3-4-13-10)15-6-8(7-15)12(17)18/h3-5,8H,6-7H2,1-2H3,(H,17,18). The van der Waals surface area contributed by atoms with E-state index in [0.29, 0.717) is 18.8 Å². The van der Waals surface area contributed by atoms with E-state index in [1.54, 1.807) is 32.4 Å². The van der Waals surface area contributed by atoms with Crippen LogP contribution in [0.4, 0.5) is 5.69 Å². The fourth-order valence-corrected chi connectivity index (χ4v) is 1.81. The van der Waals surface area contributed by atoms with E-state index in [-0.39, 0.29) is 11.8 Å². The van der Waals surface area contributed by atoms with E-state index in [2.05, 4.69) is 4.98 Å². The van der Waals surface area contributed by atoms with Crippen LogP contribution in [-0.4, -0.2) is 54.1 Å². The molecule has 0 bridgehead atoms. The normalized spacial score (nSPS) is 15.1. The van der Waals surface area contributed by atoms with Crippen molar-refractivity contribution < 1.29 is 14.7 Å². The van der Waals surface area contributed by atoms with Crippen LogP contribution in [-0.2, 0) is 4.79 Å². The summed E-state index contributed by atoms with van der Waals surface area (Å²) in [6.45, 7) is 0.962. The maximum Gasteiger partial charge on any atom is 0.310 e. The van der Waals surface area contributed by atoms with Gasteiger partial charge in [0.15, 0.2) is 0 Å². The summed E-state index contributed by atoms with van der Waals surface area (Å²) >= 11 is 0. The molecule has 18 heavy (non-hydrogen) atoms. The van der Waals surface area contributed by atoms with Crippen LogP contribution in [0, 0.1) is 5.92 Å². The predicted octanol–water partition coefficient (Wildman–Crippen LogP) is 0.304. The number of nitrogens with zero attached hydrogens (tertiary/aromatic N) is 3. The molecule has 1 aromatic heterocycles. The summed E-state index contributed by atoms with van der Waals surface area (Å²) in [7, 11) is 3.33. The highest BCUT2D eigenvalue weighted by atomic mass is 16.4. The second-order valence-electron chi connectivity index (χ2n) is 4.54. The average molecular weight is 249 g/mol. The molecule has 0 saturated carbocycles. The smallest absolute Gasteiger partial charge is 0.310 e. The third-order valence-corrected chi connectivity index (χ3v) is 2.96. The van der Waals surface area contributed by atoms with Crippen LogP contribution in [0.25, 0.3) is 0 Å². The minimum absolute atomic E-state index is 0.160. The Kier molecular flexibility index (Phi) is 3.18. The van der Waals surface area contributed by atoms with Crippen LogP contribution >= 0.6 is 0 Å². The molecule has 0 aliphatic carbocycles. The fraction of sp³-hybridized carbons (Fsp3) is 0.417. The summed E-state index contributed by atoms with van der Waals surface area (Å²) in [5.74, 6) is -1.25. The molecule has 1 aromatic rings. The Balaban J connectivity index is 2.10. The van der Waals surface area contributed by atoms with E-state index in [4.69, 9.17) is 5.11 Å². The van der Waals surface area contributed by atoms with Crippen molar-refractivity contribution >= 4 is 17.6 Å². The van der Waals surface area contributed by atoms with Gasteiger partial charge in [0.1, 0.15) is 5.69 Å². The molecule has 96 valence electrons. The van der Waals surface area contributed by atoms with Crippen LogP contribution < -0.4 is 4.90 Å². The lowest BCUT2D eigenvalue weighted by Gasteiger charge is -2.38. The quantitative estimate of drug-likeness (QED) is 0.834. The van der Waals surface area contributed by atoms with Gasteiger partial charge in [0.25, 0.3) is 5.91 Å². The predicted molar refractivity (Wildman–Crippen MR) is 65.6 cm³/mol. The van der Waals surface area contributed by atoms with Crippen molar-refractivity contribution in [1.82, 2.24) is 9.88 Å². The molecule has 0 radical (unpaired) electrons. The lowest BCUT2D eigenvalue weighted by Crippen LogP contribution is -2.50. The molecule has 0 aromatic carbocycles. The van der Waals surface area contributed by atoms with Crippen LogP contribution in [0.3, 0.4) is 0 Å². The zero-order valence-corrected chi connectivity index (χ0v) is 10.3. The summed E-state index contributed by atoms with van der Waals surface area (Å²) in [5.41, 5.74) is 1.21. The summed E-state index contributed by atoms with van der Waals surface area (Å²) in [6, 6.07) is 3.48. The Morgan fingerprint density at radius 2 is 2.11 bits per heavy atom. The maximum atomic E-state index is 11.7.